The van der Waals surface area contributed by atoms with Crippen molar-refractivity contribution in [1.82, 2.24) is 0 Å². The van der Waals surface area contributed by atoms with Crippen LogP contribution in [0.15, 0.2) is 41.0 Å². The molecule has 6 nitrogen and oxygen atoms in total. The van der Waals surface area contributed by atoms with Crippen LogP contribution in [-0.2, 0) is 17.6 Å². The van der Waals surface area contributed by atoms with E-state index in [1.807, 2.05) is 12.1 Å². The first-order valence-electron chi connectivity index (χ1n) is 8.68. The van der Waals surface area contributed by atoms with Crippen molar-refractivity contribution in [3.8, 4) is 17.2 Å². The normalized spacial score (nSPS) is 10.7. The van der Waals surface area contributed by atoms with Crippen molar-refractivity contribution in [3.63, 3.8) is 0 Å². The Morgan fingerprint density at radius 1 is 1.04 bits per heavy atom. The fraction of sp³-hybridized carbons (Fsp3) is 0.286. The molecule has 3 rings (SSSR count). The van der Waals surface area contributed by atoms with E-state index < -0.39 is 0 Å². The van der Waals surface area contributed by atoms with Gasteiger partial charge in [-0.2, -0.15) is 0 Å². The van der Waals surface area contributed by atoms with E-state index in [1.54, 1.807) is 18.4 Å². The maximum atomic E-state index is 12.5. The van der Waals surface area contributed by atoms with Gasteiger partial charge in [0, 0.05) is 28.8 Å². The highest BCUT2D eigenvalue weighted by Crippen LogP contribution is 2.40. The third-order valence-corrected chi connectivity index (χ3v) is 4.43. The summed E-state index contributed by atoms with van der Waals surface area (Å²) >= 11 is 0. The van der Waals surface area contributed by atoms with Crippen molar-refractivity contribution in [2.45, 2.75) is 19.8 Å². The summed E-state index contributed by atoms with van der Waals surface area (Å²) in [5.74, 6) is 1.28. The number of carbonyl (C=O) groups excluding carboxylic acids is 1. The number of carbonyl (C=O) groups is 1. The number of amides is 1. The molecule has 0 aliphatic carbocycles. The molecular weight excluding hydrogens is 346 g/mol. The number of ether oxygens (including phenoxy) is 3. The van der Waals surface area contributed by atoms with Gasteiger partial charge in [-0.05, 0) is 18.1 Å². The Morgan fingerprint density at radius 2 is 1.74 bits per heavy atom. The van der Waals surface area contributed by atoms with Gasteiger partial charge in [-0.15, -0.1) is 0 Å². The van der Waals surface area contributed by atoms with Crippen LogP contribution in [0.2, 0.25) is 0 Å². The Labute approximate surface area is 158 Å². The lowest BCUT2D eigenvalue weighted by Crippen LogP contribution is -2.14. The monoisotopic (exact) mass is 369 g/mol. The molecule has 0 bridgehead atoms. The molecule has 0 unspecified atom stereocenters. The van der Waals surface area contributed by atoms with E-state index in [2.05, 4.69) is 18.3 Å². The fourth-order valence-corrected chi connectivity index (χ4v) is 3.02. The molecule has 142 valence electrons. The van der Waals surface area contributed by atoms with Crippen LogP contribution >= 0.6 is 0 Å². The highest BCUT2D eigenvalue weighted by molar-refractivity contribution is 5.96. The number of methoxy groups -OCH3 is 3. The van der Waals surface area contributed by atoms with Crippen LogP contribution in [0.1, 0.15) is 18.1 Å². The number of hydrogen-bond acceptors (Lipinski definition) is 5. The van der Waals surface area contributed by atoms with Crippen LogP contribution in [0.3, 0.4) is 0 Å². The van der Waals surface area contributed by atoms with Crippen LogP contribution < -0.4 is 19.5 Å². The highest BCUT2D eigenvalue weighted by atomic mass is 16.5. The minimum absolute atomic E-state index is 0.161. The van der Waals surface area contributed by atoms with E-state index >= 15 is 0 Å². The molecule has 0 spiro atoms. The standard InChI is InChI=1S/C21H23NO5/c1-5-13-6-7-16-14(12-27-17(16)8-13)9-20(23)22-15-10-18(24-2)21(26-4)19(11-15)25-3/h6-8,10-12H,5,9H2,1-4H3,(H,22,23). The second-order valence-corrected chi connectivity index (χ2v) is 6.08. The van der Waals surface area contributed by atoms with Crippen LogP contribution in [0, 0.1) is 0 Å². The number of aryl methyl sites for hydroxylation is 1. The molecule has 2 aromatic carbocycles. The third-order valence-electron chi connectivity index (χ3n) is 4.43. The third kappa shape index (κ3) is 3.84. The van der Waals surface area contributed by atoms with Crippen molar-refractivity contribution >= 4 is 22.6 Å². The molecular formula is C21H23NO5. The zero-order valence-corrected chi connectivity index (χ0v) is 15.9. The lowest BCUT2D eigenvalue weighted by Gasteiger charge is -2.14. The van der Waals surface area contributed by atoms with Crippen LogP contribution in [0.4, 0.5) is 5.69 Å². The number of anilines is 1. The van der Waals surface area contributed by atoms with Gasteiger partial charge >= 0.3 is 0 Å². The minimum Gasteiger partial charge on any atom is -0.493 e. The van der Waals surface area contributed by atoms with E-state index in [9.17, 15) is 4.79 Å². The van der Waals surface area contributed by atoms with Gasteiger partial charge in [0.15, 0.2) is 11.5 Å². The van der Waals surface area contributed by atoms with Gasteiger partial charge in [-0.1, -0.05) is 19.1 Å². The van der Waals surface area contributed by atoms with Crippen LogP contribution in [0.25, 0.3) is 11.0 Å². The van der Waals surface area contributed by atoms with E-state index in [4.69, 9.17) is 18.6 Å². The number of fused-ring (bicyclic) bond motifs is 1. The van der Waals surface area contributed by atoms with E-state index in [-0.39, 0.29) is 12.3 Å². The van der Waals surface area contributed by atoms with Crippen molar-refractivity contribution < 1.29 is 23.4 Å². The number of nitrogens with one attached hydrogen (secondary N) is 1. The smallest absolute Gasteiger partial charge is 0.228 e. The van der Waals surface area contributed by atoms with Crippen LogP contribution in [0.5, 0.6) is 17.2 Å². The first-order valence-corrected chi connectivity index (χ1v) is 8.68. The summed E-state index contributed by atoms with van der Waals surface area (Å²) in [5.41, 5.74) is 3.41. The van der Waals surface area contributed by atoms with Gasteiger partial charge < -0.3 is 23.9 Å². The maximum absolute atomic E-state index is 12.5. The van der Waals surface area contributed by atoms with Gasteiger partial charge in [-0.25, -0.2) is 0 Å². The van der Waals surface area contributed by atoms with Gasteiger partial charge in [0.1, 0.15) is 5.58 Å². The summed E-state index contributed by atoms with van der Waals surface area (Å²) in [6.07, 6.45) is 2.78. The second kappa shape index (κ2) is 8.03. The zero-order chi connectivity index (χ0) is 19.4. The zero-order valence-electron chi connectivity index (χ0n) is 15.9. The molecule has 1 N–H and O–H groups in total. The number of rotatable bonds is 7. The van der Waals surface area contributed by atoms with Gasteiger partial charge in [0.25, 0.3) is 0 Å². The average Bonchev–Trinajstić information content (AvgIpc) is 3.08. The molecule has 1 aromatic heterocycles. The fourth-order valence-electron chi connectivity index (χ4n) is 3.02. The SMILES string of the molecule is CCc1ccc2c(CC(=O)Nc3cc(OC)c(OC)c(OC)c3)coc2c1. The first-order chi connectivity index (χ1) is 13.1. The molecule has 0 atom stereocenters. The summed E-state index contributed by atoms with van der Waals surface area (Å²) < 4.78 is 21.5. The number of benzene rings is 2. The number of hydrogen-bond donors (Lipinski definition) is 1. The number of furan rings is 1. The lowest BCUT2D eigenvalue weighted by atomic mass is 10.1. The highest BCUT2D eigenvalue weighted by Gasteiger charge is 2.16. The molecule has 3 aromatic rings. The van der Waals surface area contributed by atoms with Gasteiger partial charge in [0.2, 0.25) is 11.7 Å². The lowest BCUT2D eigenvalue weighted by molar-refractivity contribution is -0.115. The summed E-state index contributed by atoms with van der Waals surface area (Å²) in [6, 6.07) is 9.45. The summed E-state index contributed by atoms with van der Waals surface area (Å²) in [6.45, 7) is 2.09. The largest absolute Gasteiger partial charge is 0.493 e. The molecule has 27 heavy (non-hydrogen) atoms. The molecule has 0 saturated carbocycles. The predicted molar refractivity (Wildman–Crippen MR) is 104 cm³/mol. The van der Waals surface area contributed by atoms with Crippen molar-refractivity contribution in [1.29, 1.82) is 0 Å². The Bertz CT molecular complexity index is 935. The summed E-state index contributed by atoms with van der Waals surface area (Å²) in [4.78, 5) is 12.5. The molecule has 6 heteroatoms. The van der Waals surface area contributed by atoms with E-state index in [1.165, 1.54) is 26.9 Å². The molecule has 0 aliphatic heterocycles. The Kier molecular flexibility index (Phi) is 5.54. The van der Waals surface area contributed by atoms with Crippen molar-refractivity contribution in [3.05, 3.63) is 47.7 Å². The average molecular weight is 369 g/mol. The van der Waals surface area contributed by atoms with Gasteiger partial charge in [0.05, 0.1) is 34.0 Å². The van der Waals surface area contributed by atoms with Gasteiger partial charge in [-0.3, -0.25) is 4.79 Å². The molecule has 0 aliphatic rings. The van der Waals surface area contributed by atoms with Crippen LogP contribution in [-0.4, -0.2) is 27.2 Å². The molecule has 0 saturated heterocycles. The predicted octanol–water partition coefficient (Wildman–Crippen LogP) is 4.20. The Morgan fingerprint density at radius 3 is 2.33 bits per heavy atom. The van der Waals surface area contributed by atoms with Crippen molar-refractivity contribution in [2.75, 3.05) is 26.6 Å². The molecule has 0 fully saturated rings. The Hall–Kier alpha value is -3.15. The first kappa shape index (κ1) is 18.6. The quantitative estimate of drug-likeness (QED) is 0.676. The minimum atomic E-state index is -0.161. The second-order valence-electron chi connectivity index (χ2n) is 6.08. The Balaban J connectivity index is 1.80. The molecule has 1 heterocycles. The molecule has 1 amide bonds. The summed E-state index contributed by atoms with van der Waals surface area (Å²) in [7, 11) is 4.60. The van der Waals surface area contributed by atoms with E-state index in [0.29, 0.717) is 22.9 Å². The van der Waals surface area contributed by atoms with Crippen molar-refractivity contribution in [2.24, 2.45) is 0 Å². The topological polar surface area (TPSA) is 69.9 Å². The summed E-state index contributed by atoms with van der Waals surface area (Å²) in [5, 5.41) is 3.82. The maximum Gasteiger partial charge on any atom is 0.228 e. The van der Waals surface area contributed by atoms with E-state index in [0.717, 1.165) is 23.0 Å². The molecule has 0 radical (unpaired) electrons.